The molecule has 19 heavy (non-hydrogen) atoms. The Labute approximate surface area is 111 Å². The first kappa shape index (κ1) is 15.4. The number of halogens is 1. The van der Waals surface area contributed by atoms with Crippen molar-refractivity contribution in [3.8, 4) is 5.75 Å². The van der Waals surface area contributed by atoms with E-state index in [1.807, 2.05) is 20.8 Å². The maximum Gasteiger partial charge on any atom is 0.275 e. The van der Waals surface area contributed by atoms with Crippen LogP contribution >= 0.6 is 0 Å². The van der Waals surface area contributed by atoms with Crippen LogP contribution in [0.15, 0.2) is 12.1 Å². The summed E-state index contributed by atoms with van der Waals surface area (Å²) in [6.45, 7) is 5.85. The van der Waals surface area contributed by atoms with E-state index in [1.54, 1.807) is 0 Å². The molecule has 1 rings (SSSR count). The number of hydrogen-bond acceptors (Lipinski definition) is 4. The molecule has 0 fully saturated rings. The standard InChI is InChI=1S/C13H19FN2O3/c1-13(2,3)12(15)6-8-5-11(19-4)9(14)7-10(8)16(17)18/h5,7,12H,6,15H2,1-4H3. The lowest BCUT2D eigenvalue weighted by Crippen LogP contribution is -2.37. The Morgan fingerprint density at radius 3 is 2.47 bits per heavy atom. The van der Waals surface area contributed by atoms with E-state index in [2.05, 4.69) is 0 Å². The fourth-order valence-corrected chi connectivity index (χ4v) is 1.62. The molecule has 106 valence electrons. The Balaban J connectivity index is 3.21. The zero-order valence-electron chi connectivity index (χ0n) is 11.6. The first-order chi connectivity index (χ1) is 8.66. The lowest BCUT2D eigenvalue weighted by molar-refractivity contribution is -0.385. The smallest absolute Gasteiger partial charge is 0.275 e. The fraction of sp³-hybridized carbons (Fsp3) is 0.538. The number of nitro benzene ring substituents is 1. The summed E-state index contributed by atoms with van der Waals surface area (Å²) in [4.78, 5) is 10.4. The summed E-state index contributed by atoms with van der Waals surface area (Å²) >= 11 is 0. The van der Waals surface area contributed by atoms with E-state index in [9.17, 15) is 14.5 Å². The van der Waals surface area contributed by atoms with Crippen LogP contribution in [0.5, 0.6) is 5.75 Å². The summed E-state index contributed by atoms with van der Waals surface area (Å²) in [5.41, 5.74) is 5.94. The molecule has 0 saturated heterocycles. The van der Waals surface area contributed by atoms with Gasteiger partial charge in [-0.05, 0) is 17.9 Å². The van der Waals surface area contributed by atoms with Crippen LogP contribution in [0, 0.1) is 21.3 Å². The van der Waals surface area contributed by atoms with Crippen molar-refractivity contribution >= 4 is 5.69 Å². The molecule has 1 aromatic rings. The van der Waals surface area contributed by atoms with E-state index < -0.39 is 10.7 Å². The van der Waals surface area contributed by atoms with Gasteiger partial charge in [-0.25, -0.2) is 4.39 Å². The number of nitrogens with two attached hydrogens (primary N) is 1. The van der Waals surface area contributed by atoms with Crippen LogP contribution in [0.3, 0.4) is 0 Å². The molecule has 2 N–H and O–H groups in total. The molecule has 0 spiro atoms. The van der Waals surface area contributed by atoms with Crippen molar-refractivity contribution in [2.24, 2.45) is 11.1 Å². The van der Waals surface area contributed by atoms with Crippen LogP contribution in [0.2, 0.25) is 0 Å². The van der Waals surface area contributed by atoms with E-state index in [1.165, 1.54) is 13.2 Å². The molecule has 0 heterocycles. The molecule has 1 aromatic carbocycles. The van der Waals surface area contributed by atoms with Crippen LogP contribution in [0.4, 0.5) is 10.1 Å². The van der Waals surface area contributed by atoms with Gasteiger partial charge in [-0.1, -0.05) is 20.8 Å². The second-order valence-corrected chi connectivity index (χ2v) is 5.55. The molecular weight excluding hydrogens is 251 g/mol. The molecule has 5 nitrogen and oxygen atoms in total. The van der Waals surface area contributed by atoms with E-state index in [0.29, 0.717) is 5.56 Å². The molecule has 0 aliphatic carbocycles. The second kappa shape index (κ2) is 5.52. The molecule has 6 heteroatoms. The van der Waals surface area contributed by atoms with E-state index in [-0.39, 0.29) is 29.3 Å². The van der Waals surface area contributed by atoms with Gasteiger partial charge in [0.1, 0.15) is 0 Å². The minimum Gasteiger partial charge on any atom is -0.494 e. The van der Waals surface area contributed by atoms with Crippen molar-refractivity contribution in [1.82, 2.24) is 0 Å². The van der Waals surface area contributed by atoms with Gasteiger partial charge in [0, 0.05) is 11.6 Å². The summed E-state index contributed by atoms with van der Waals surface area (Å²) in [6.07, 6.45) is 0.288. The topological polar surface area (TPSA) is 78.4 Å². The number of ether oxygens (including phenoxy) is 1. The maximum absolute atomic E-state index is 13.5. The van der Waals surface area contributed by atoms with Crippen LogP contribution in [0.25, 0.3) is 0 Å². The van der Waals surface area contributed by atoms with Crippen molar-refractivity contribution in [2.45, 2.75) is 33.2 Å². The van der Waals surface area contributed by atoms with Crippen molar-refractivity contribution in [3.63, 3.8) is 0 Å². The number of rotatable bonds is 4. The first-order valence-corrected chi connectivity index (χ1v) is 5.93. The minimum atomic E-state index is -0.748. The molecular formula is C13H19FN2O3. The molecule has 0 radical (unpaired) electrons. The molecule has 1 unspecified atom stereocenters. The number of benzene rings is 1. The first-order valence-electron chi connectivity index (χ1n) is 5.93. The van der Waals surface area contributed by atoms with Crippen molar-refractivity contribution in [3.05, 3.63) is 33.6 Å². The lowest BCUT2D eigenvalue weighted by Gasteiger charge is -2.27. The van der Waals surface area contributed by atoms with Crippen LogP contribution in [-0.2, 0) is 6.42 Å². The van der Waals surface area contributed by atoms with Gasteiger partial charge in [-0.2, -0.15) is 0 Å². The molecule has 0 aliphatic rings. The zero-order valence-corrected chi connectivity index (χ0v) is 11.6. The number of hydrogen-bond donors (Lipinski definition) is 1. The highest BCUT2D eigenvalue weighted by molar-refractivity contribution is 5.46. The normalized spacial score (nSPS) is 13.2. The van der Waals surface area contributed by atoms with Gasteiger partial charge in [0.2, 0.25) is 0 Å². The summed E-state index contributed by atoms with van der Waals surface area (Å²) in [7, 11) is 1.32. The third-order valence-corrected chi connectivity index (χ3v) is 3.10. The summed E-state index contributed by atoms with van der Waals surface area (Å²) < 4.78 is 18.4. The van der Waals surface area contributed by atoms with E-state index >= 15 is 0 Å². The van der Waals surface area contributed by atoms with Gasteiger partial charge in [-0.3, -0.25) is 10.1 Å². The molecule has 0 amide bonds. The van der Waals surface area contributed by atoms with Crippen LogP contribution in [-0.4, -0.2) is 18.1 Å². The Morgan fingerprint density at radius 1 is 1.47 bits per heavy atom. The Morgan fingerprint density at radius 2 is 2.05 bits per heavy atom. The molecule has 0 aromatic heterocycles. The maximum atomic E-state index is 13.5. The zero-order chi connectivity index (χ0) is 14.8. The van der Waals surface area contributed by atoms with Crippen molar-refractivity contribution in [1.29, 1.82) is 0 Å². The number of nitro groups is 1. The van der Waals surface area contributed by atoms with E-state index in [0.717, 1.165) is 6.07 Å². The highest BCUT2D eigenvalue weighted by Gasteiger charge is 2.26. The Kier molecular flexibility index (Phi) is 4.47. The predicted octanol–water partition coefficient (Wildman–Crippen LogP) is 2.66. The molecule has 0 saturated carbocycles. The molecule has 0 bridgehead atoms. The molecule has 1 atom stereocenters. The van der Waals surface area contributed by atoms with Crippen LogP contribution < -0.4 is 10.5 Å². The quantitative estimate of drug-likeness (QED) is 0.674. The summed E-state index contributed by atoms with van der Waals surface area (Å²) in [5, 5.41) is 11.0. The molecule has 0 aliphatic heterocycles. The van der Waals surface area contributed by atoms with Crippen molar-refractivity contribution < 1.29 is 14.1 Å². The highest BCUT2D eigenvalue weighted by Crippen LogP contribution is 2.30. The third-order valence-electron chi connectivity index (χ3n) is 3.10. The average molecular weight is 270 g/mol. The Bertz CT molecular complexity index is 484. The fourth-order valence-electron chi connectivity index (χ4n) is 1.62. The minimum absolute atomic E-state index is 0.0123. The lowest BCUT2D eigenvalue weighted by atomic mass is 9.83. The highest BCUT2D eigenvalue weighted by atomic mass is 19.1. The van der Waals surface area contributed by atoms with Gasteiger partial charge in [-0.15, -0.1) is 0 Å². The predicted molar refractivity (Wildman–Crippen MR) is 70.7 cm³/mol. The van der Waals surface area contributed by atoms with Gasteiger partial charge >= 0.3 is 0 Å². The largest absolute Gasteiger partial charge is 0.494 e. The second-order valence-electron chi connectivity index (χ2n) is 5.55. The van der Waals surface area contributed by atoms with Gasteiger partial charge in [0.25, 0.3) is 5.69 Å². The third kappa shape index (κ3) is 3.64. The number of methoxy groups -OCH3 is 1. The van der Waals surface area contributed by atoms with Crippen LogP contribution in [0.1, 0.15) is 26.3 Å². The number of nitrogens with zero attached hydrogens (tertiary/aromatic N) is 1. The Hall–Kier alpha value is -1.69. The van der Waals surface area contributed by atoms with E-state index in [4.69, 9.17) is 10.5 Å². The van der Waals surface area contributed by atoms with Gasteiger partial charge in [0.05, 0.1) is 18.1 Å². The SMILES string of the molecule is COc1cc(CC(N)C(C)(C)C)c([N+](=O)[O-])cc1F. The summed E-state index contributed by atoms with van der Waals surface area (Å²) in [5.74, 6) is -0.760. The van der Waals surface area contributed by atoms with Gasteiger partial charge < -0.3 is 10.5 Å². The van der Waals surface area contributed by atoms with Gasteiger partial charge in [0.15, 0.2) is 11.6 Å². The van der Waals surface area contributed by atoms with Crippen molar-refractivity contribution in [2.75, 3.05) is 7.11 Å². The summed E-state index contributed by atoms with van der Waals surface area (Å²) in [6, 6.07) is 1.95. The average Bonchev–Trinajstić information content (AvgIpc) is 2.29. The monoisotopic (exact) mass is 270 g/mol.